The lowest BCUT2D eigenvalue weighted by atomic mass is 9.99. The first kappa shape index (κ1) is 14.5. The quantitative estimate of drug-likeness (QED) is 0.653. The van der Waals surface area contributed by atoms with Crippen LogP contribution in [0, 0.1) is 5.92 Å². The number of hydrogen-bond donors (Lipinski definition) is 2. The number of nitrogens with one attached hydrogen (secondary N) is 1. The SMILES string of the molecule is CC1CCN(CCCNC(=O)CCCN)CC1. The summed E-state index contributed by atoms with van der Waals surface area (Å²) in [6, 6.07) is 0. The molecule has 0 aliphatic carbocycles. The summed E-state index contributed by atoms with van der Waals surface area (Å²) in [5.74, 6) is 1.03. The van der Waals surface area contributed by atoms with Gasteiger partial charge in [0.25, 0.3) is 0 Å². The van der Waals surface area contributed by atoms with Crippen LogP contribution >= 0.6 is 0 Å². The molecule has 0 aromatic rings. The molecule has 0 aromatic carbocycles. The Morgan fingerprint density at radius 3 is 2.71 bits per heavy atom. The number of rotatable bonds is 7. The Bertz CT molecular complexity index is 213. The highest BCUT2D eigenvalue weighted by atomic mass is 16.1. The second kappa shape index (κ2) is 8.48. The van der Waals surface area contributed by atoms with E-state index in [2.05, 4.69) is 17.1 Å². The largest absolute Gasteiger partial charge is 0.356 e. The van der Waals surface area contributed by atoms with Crippen molar-refractivity contribution in [2.24, 2.45) is 11.7 Å². The van der Waals surface area contributed by atoms with Crippen LogP contribution in [0.3, 0.4) is 0 Å². The number of amides is 1. The average Bonchev–Trinajstić information content (AvgIpc) is 2.34. The molecule has 0 unspecified atom stereocenters. The molecular weight excluding hydrogens is 214 g/mol. The molecule has 0 saturated carbocycles. The van der Waals surface area contributed by atoms with Gasteiger partial charge in [-0.1, -0.05) is 6.92 Å². The van der Waals surface area contributed by atoms with E-state index in [9.17, 15) is 4.79 Å². The van der Waals surface area contributed by atoms with Crippen LogP contribution in [0.2, 0.25) is 0 Å². The molecule has 4 nitrogen and oxygen atoms in total. The minimum atomic E-state index is 0.141. The maximum atomic E-state index is 11.3. The smallest absolute Gasteiger partial charge is 0.220 e. The lowest BCUT2D eigenvalue weighted by Crippen LogP contribution is -2.35. The number of carbonyl (C=O) groups is 1. The zero-order valence-corrected chi connectivity index (χ0v) is 11.1. The number of hydrogen-bond acceptors (Lipinski definition) is 3. The van der Waals surface area contributed by atoms with E-state index in [1.54, 1.807) is 0 Å². The molecule has 0 bridgehead atoms. The fraction of sp³-hybridized carbons (Fsp3) is 0.923. The van der Waals surface area contributed by atoms with Gasteiger partial charge in [-0.25, -0.2) is 0 Å². The zero-order chi connectivity index (χ0) is 12.5. The van der Waals surface area contributed by atoms with Crippen molar-refractivity contribution in [3.63, 3.8) is 0 Å². The Hall–Kier alpha value is -0.610. The molecule has 3 N–H and O–H groups in total. The maximum absolute atomic E-state index is 11.3. The van der Waals surface area contributed by atoms with E-state index < -0.39 is 0 Å². The van der Waals surface area contributed by atoms with Crippen molar-refractivity contribution in [1.29, 1.82) is 0 Å². The molecule has 0 aromatic heterocycles. The van der Waals surface area contributed by atoms with Crippen molar-refractivity contribution in [3.05, 3.63) is 0 Å². The van der Waals surface area contributed by atoms with E-state index in [1.807, 2.05) is 0 Å². The lowest BCUT2D eigenvalue weighted by Gasteiger charge is -2.30. The van der Waals surface area contributed by atoms with Gasteiger partial charge in [0.05, 0.1) is 0 Å². The van der Waals surface area contributed by atoms with Crippen LogP contribution in [-0.2, 0) is 4.79 Å². The van der Waals surface area contributed by atoms with Crippen LogP contribution in [0.1, 0.15) is 39.0 Å². The molecule has 0 atom stereocenters. The Kier molecular flexibility index (Phi) is 7.21. The van der Waals surface area contributed by atoms with Crippen molar-refractivity contribution in [1.82, 2.24) is 10.2 Å². The van der Waals surface area contributed by atoms with Crippen molar-refractivity contribution in [3.8, 4) is 0 Å². The fourth-order valence-electron chi connectivity index (χ4n) is 2.17. The third-order valence-corrected chi connectivity index (χ3v) is 3.46. The molecular formula is C13H27N3O. The van der Waals surface area contributed by atoms with Crippen LogP contribution < -0.4 is 11.1 Å². The van der Waals surface area contributed by atoms with Gasteiger partial charge in [-0.3, -0.25) is 4.79 Å². The second-order valence-electron chi connectivity index (χ2n) is 5.12. The topological polar surface area (TPSA) is 58.4 Å². The van der Waals surface area contributed by atoms with Gasteiger partial charge in [-0.05, 0) is 57.8 Å². The van der Waals surface area contributed by atoms with Crippen molar-refractivity contribution in [2.45, 2.75) is 39.0 Å². The number of likely N-dealkylation sites (tertiary alicyclic amines) is 1. The third kappa shape index (κ3) is 6.64. The van der Waals surface area contributed by atoms with E-state index in [0.29, 0.717) is 13.0 Å². The third-order valence-electron chi connectivity index (χ3n) is 3.46. The average molecular weight is 241 g/mol. The zero-order valence-electron chi connectivity index (χ0n) is 11.1. The monoisotopic (exact) mass is 241 g/mol. The summed E-state index contributed by atoms with van der Waals surface area (Å²) in [6.45, 7) is 7.29. The summed E-state index contributed by atoms with van der Waals surface area (Å²) in [4.78, 5) is 13.8. The van der Waals surface area contributed by atoms with Gasteiger partial charge in [-0.15, -0.1) is 0 Å². The second-order valence-corrected chi connectivity index (χ2v) is 5.12. The molecule has 0 spiro atoms. The van der Waals surface area contributed by atoms with Crippen molar-refractivity contribution < 1.29 is 4.79 Å². The molecule has 17 heavy (non-hydrogen) atoms. The van der Waals surface area contributed by atoms with Gasteiger partial charge in [0, 0.05) is 13.0 Å². The highest BCUT2D eigenvalue weighted by molar-refractivity contribution is 5.75. The predicted octanol–water partition coefficient (Wildman–Crippen LogP) is 0.964. The number of carbonyl (C=O) groups excluding carboxylic acids is 1. The summed E-state index contributed by atoms with van der Waals surface area (Å²) < 4.78 is 0. The lowest BCUT2D eigenvalue weighted by molar-refractivity contribution is -0.121. The first-order chi connectivity index (χ1) is 8.22. The molecule has 1 heterocycles. The standard InChI is InChI=1S/C13H27N3O/c1-12-5-10-16(11-6-12)9-3-8-15-13(17)4-2-7-14/h12H,2-11,14H2,1H3,(H,15,17). The van der Waals surface area contributed by atoms with Gasteiger partial charge in [-0.2, -0.15) is 0 Å². The Labute approximate surface area is 105 Å². The molecule has 1 aliphatic heterocycles. The van der Waals surface area contributed by atoms with Crippen LogP contribution in [0.5, 0.6) is 0 Å². The molecule has 1 amide bonds. The first-order valence-corrected chi connectivity index (χ1v) is 6.91. The molecule has 1 fully saturated rings. The number of nitrogens with two attached hydrogens (primary N) is 1. The highest BCUT2D eigenvalue weighted by Gasteiger charge is 2.14. The van der Waals surface area contributed by atoms with Crippen molar-refractivity contribution >= 4 is 5.91 Å². The van der Waals surface area contributed by atoms with E-state index >= 15 is 0 Å². The first-order valence-electron chi connectivity index (χ1n) is 6.91. The van der Waals surface area contributed by atoms with Crippen LogP contribution in [-0.4, -0.2) is 43.5 Å². The van der Waals surface area contributed by atoms with Gasteiger partial charge < -0.3 is 16.0 Å². The maximum Gasteiger partial charge on any atom is 0.220 e. The minimum Gasteiger partial charge on any atom is -0.356 e. The van der Waals surface area contributed by atoms with E-state index in [1.165, 1.54) is 25.9 Å². The van der Waals surface area contributed by atoms with Gasteiger partial charge >= 0.3 is 0 Å². The molecule has 0 radical (unpaired) electrons. The van der Waals surface area contributed by atoms with E-state index in [0.717, 1.165) is 31.8 Å². The summed E-state index contributed by atoms with van der Waals surface area (Å²) in [6.07, 6.45) is 5.06. The number of nitrogens with zero attached hydrogens (tertiary/aromatic N) is 1. The number of piperidine rings is 1. The molecule has 1 aliphatic rings. The molecule has 4 heteroatoms. The summed E-state index contributed by atoms with van der Waals surface area (Å²) in [5, 5.41) is 2.94. The van der Waals surface area contributed by atoms with Crippen LogP contribution in [0.4, 0.5) is 0 Å². The van der Waals surface area contributed by atoms with Crippen LogP contribution in [0.25, 0.3) is 0 Å². The van der Waals surface area contributed by atoms with Gasteiger partial charge in [0.2, 0.25) is 5.91 Å². The Morgan fingerprint density at radius 2 is 2.06 bits per heavy atom. The molecule has 100 valence electrons. The minimum absolute atomic E-state index is 0.141. The normalized spacial score (nSPS) is 18.2. The highest BCUT2D eigenvalue weighted by Crippen LogP contribution is 2.15. The van der Waals surface area contributed by atoms with Gasteiger partial charge in [0.1, 0.15) is 0 Å². The predicted molar refractivity (Wildman–Crippen MR) is 70.8 cm³/mol. The molecule has 1 saturated heterocycles. The summed E-state index contributed by atoms with van der Waals surface area (Å²) >= 11 is 0. The fourth-order valence-corrected chi connectivity index (χ4v) is 2.17. The Balaban J connectivity index is 1.95. The van der Waals surface area contributed by atoms with E-state index in [-0.39, 0.29) is 5.91 Å². The van der Waals surface area contributed by atoms with Crippen molar-refractivity contribution in [2.75, 3.05) is 32.7 Å². The van der Waals surface area contributed by atoms with Gasteiger partial charge in [0.15, 0.2) is 0 Å². The van der Waals surface area contributed by atoms with E-state index in [4.69, 9.17) is 5.73 Å². The van der Waals surface area contributed by atoms with Crippen LogP contribution in [0.15, 0.2) is 0 Å². The summed E-state index contributed by atoms with van der Waals surface area (Å²) in [5.41, 5.74) is 5.35. The molecule has 1 rings (SSSR count). The summed E-state index contributed by atoms with van der Waals surface area (Å²) in [7, 11) is 0. The Morgan fingerprint density at radius 1 is 1.35 bits per heavy atom.